The van der Waals surface area contributed by atoms with Gasteiger partial charge in [0, 0.05) is 16.1 Å². The van der Waals surface area contributed by atoms with Crippen molar-refractivity contribution in [1.29, 1.82) is 0 Å². The van der Waals surface area contributed by atoms with Gasteiger partial charge in [-0.3, -0.25) is 10.1 Å². The number of aromatic hydroxyl groups is 1. The molecule has 0 saturated carbocycles. The van der Waals surface area contributed by atoms with Gasteiger partial charge in [0.2, 0.25) is 0 Å². The Kier molecular flexibility index (Phi) is 8.78. The van der Waals surface area contributed by atoms with Crippen LogP contribution in [0, 0.1) is 11.7 Å². The molecular formula is C20H21BrFNO5S. The smallest absolute Gasteiger partial charge is 0.412 e. The van der Waals surface area contributed by atoms with Crippen molar-refractivity contribution in [2.24, 2.45) is 5.92 Å². The molecule has 2 rings (SSSR count). The molecule has 9 heteroatoms. The number of anilines is 1. The van der Waals surface area contributed by atoms with E-state index in [2.05, 4.69) is 33.9 Å². The number of nitrogens with one attached hydrogen (secondary N) is 1. The summed E-state index contributed by atoms with van der Waals surface area (Å²) in [5.74, 6) is -2.11. The summed E-state index contributed by atoms with van der Waals surface area (Å²) in [7, 11) is 0. The van der Waals surface area contributed by atoms with Gasteiger partial charge < -0.3 is 14.6 Å². The maximum absolute atomic E-state index is 13.8. The number of carbonyl (C=O) groups excluding carboxylic acids is 2. The molecule has 0 radical (unpaired) electrons. The number of halogens is 2. The zero-order valence-corrected chi connectivity index (χ0v) is 18.1. The number of amides is 1. The second-order valence-electron chi connectivity index (χ2n) is 6.31. The maximum atomic E-state index is 13.8. The molecule has 0 aromatic heterocycles. The number of carbonyl (C=O) groups is 2. The molecule has 2 atom stereocenters. The fourth-order valence-corrected chi connectivity index (χ4v) is 2.92. The molecular weight excluding hydrogens is 465 g/mol. The lowest BCUT2D eigenvalue weighted by molar-refractivity contribution is -0.141. The highest BCUT2D eigenvalue weighted by molar-refractivity contribution is 9.10. The number of esters is 1. The first-order valence-corrected chi connectivity index (χ1v) is 10.2. The number of hydrogen-bond donors (Lipinski definition) is 3. The molecule has 2 aromatic rings. The van der Waals surface area contributed by atoms with Gasteiger partial charge in [-0.15, -0.1) is 0 Å². The summed E-state index contributed by atoms with van der Waals surface area (Å²) in [6, 6.07) is 10.7. The van der Waals surface area contributed by atoms with Crippen LogP contribution in [0.3, 0.4) is 0 Å². The summed E-state index contributed by atoms with van der Waals surface area (Å²) in [6.07, 6.45) is -1.17. The van der Waals surface area contributed by atoms with Gasteiger partial charge in [0.15, 0.2) is 11.6 Å². The van der Waals surface area contributed by atoms with Crippen LogP contribution in [0.4, 0.5) is 14.9 Å². The van der Waals surface area contributed by atoms with Crippen molar-refractivity contribution in [1.82, 2.24) is 0 Å². The number of thiol groups is 1. The van der Waals surface area contributed by atoms with Gasteiger partial charge in [0.05, 0.1) is 12.4 Å². The number of phenols is 1. The van der Waals surface area contributed by atoms with E-state index in [-0.39, 0.29) is 18.3 Å². The Labute approximate surface area is 181 Å². The molecule has 0 saturated heterocycles. The fourth-order valence-electron chi connectivity index (χ4n) is 2.56. The highest BCUT2D eigenvalue weighted by Crippen LogP contribution is 2.31. The van der Waals surface area contributed by atoms with E-state index in [1.165, 1.54) is 12.1 Å². The normalized spacial score (nSPS) is 12.7. The molecule has 2 aromatic carbocycles. The monoisotopic (exact) mass is 485 g/mol. The van der Waals surface area contributed by atoms with Gasteiger partial charge in [-0.2, -0.15) is 12.6 Å². The summed E-state index contributed by atoms with van der Waals surface area (Å²) in [5.41, 5.74) is 0.906. The molecule has 1 amide bonds. The van der Waals surface area contributed by atoms with Crippen LogP contribution in [0.2, 0.25) is 0 Å². The molecule has 29 heavy (non-hydrogen) atoms. The van der Waals surface area contributed by atoms with Crippen molar-refractivity contribution in [3.63, 3.8) is 0 Å². The maximum Gasteiger partial charge on any atom is 0.412 e. The molecule has 0 heterocycles. The average molecular weight is 486 g/mol. The first-order chi connectivity index (χ1) is 13.8. The fraction of sp³-hybridized carbons (Fsp3) is 0.300. The van der Waals surface area contributed by atoms with Crippen LogP contribution >= 0.6 is 28.6 Å². The van der Waals surface area contributed by atoms with Gasteiger partial charge in [-0.1, -0.05) is 28.9 Å². The zero-order chi connectivity index (χ0) is 21.4. The average Bonchev–Trinajstić information content (AvgIpc) is 2.69. The van der Waals surface area contributed by atoms with E-state index in [0.29, 0.717) is 17.7 Å². The Bertz CT molecular complexity index is 849. The molecule has 156 valence electrons. The van der Waals surface area contributed by atoms with Crippen LogP contribution < -0.4 is 5.32 Å². The largest absolute Gasteiger partial charge is 0.505 e. The van der Waals surface area contributed by atoms with Crippen LogP contribution in [0.1, 0.15) is 25.0 Å². The standard InChI is InChI=1S/C20H21BrFNO5S/c1-12(8-9-27-18(25)11-29)19(13-2-7-17(24)16(22)10-13)28-20(26)23-15-5-3-14(21)4-6-15/h2-7,10,12,19,24,29H,8-9,11H2,1H3,(H,23,26)/t12-,19+/m1/s1. The molecule has 2 N–H and O–H groups in total. The van der Waals surface area contributed by atoms with E-state index >= 15 is 0 Å². The van der Waals surface area contributed by atoms with E-state index in [9.17, 15) is 19.1 Å². The van der Waals surface area contributed by atoms with Crippen LogP contribution in [-0.2, 0) is 14.3 Å². The van der Waals surface area contributed by atoms with Crippen molar-refractivity contribution in [2.45, 2.75) is 19.4 Å². The Morgan fingerprint density at radius 3 is 2.55 bits per heavy atom. The minimum atomic E-state index is -0.824. The van der Waals surface area contributed by atoms with Crippen molar-refractivity contribution in [3.8, 4) is 5.75 Å². The lowest BCUT2D eigenvalue weighted by Gasteiger charge is -2.25. The summed E-state index contributed by atoms with van der Waals surface area (Å²) < 4.78 is 25.3. The van der Waals surface area contributed by atoms with Crippen LogP contribution in [0.5, 0.6) is 5.75 Å². The predicted octanol–water partition coefficient (Wildman–Crippen LogP) is 5.08. The van der Waals surface area contributed by atoms with Crippen molar-refractivity contribution in [3.05, 3.63) is 58.3 Å². The minimum Gasteiger partial charge on any atom is -0.505 e. The Balaban J connectivity index is 2.12. The summed E-state index contributed by atoms with van der Waals surface area (Å²) in [6.45, 7) is 1.90. The van der Waals surface area contributed by atoms with Gasteiger partial charge in [-0.25, -0.2) is 9.18 Å². The SMILES string of the molecule is C[C@H](CCOC(=O)CS)[C@H](OC(=O)Nc1ccc(Br)cc1)c1ccc(O)c(F)c1. The van der Waals surface area contributed by atoms with Gasteiger partial charge in [0.25, 0.3) is 0 Å². The van der Waals surface area contributed by atoms with E-state index in [1.54, 1.807) is 31.2 Å². The third-order valence-electron chi connectivity index (χ3n) is 4.11. The lowest BCUT2D eigenvalue weighted by atomic mass is 9.94. The van der Waals surface area contributed by atoms with Crippen molar-refractivity contribution in [2.75, 3.05) is 17.7 Å². The van der Waals surface area contributed by atoms with Crippen molar-refractivity contribution < 1.29 is 28.6 Å². The lowest BCUT2D eigenvalue weighted by Crippen LogP contribution is -2.23. The molecule has 0 aliphatic carbocycles. The van der Waals surface area contributed by atoms with E-state index in [4.69, 9.17) is 9.47 Å². The first-order valence-electron chi connectivity index (χ1n) is 8.78. The van der Waals surface area contributed by atoms with E-state index in [1.807, 2.05) is 0 Å². The number of rotatable bonds is 8. The third-order valence-corrected chi connectivity index (χ3v) is 4.89. The second-order valence-corrected chi connectivity index (χ2v) is 7.55. The van der Waals surface area contributed by atoms with Crippen LogP contribution in [-0.4, -0.2) is 29.5 Å². The summed E-state index contributed by atoms with van der Waals surface area (Å²) in [5, 5.41) is 12.0. The van der Waals surface area contributed by atoms with Crippen molar-refractivity contribution >= 4 is 46.3 Å². The first kappa shape index (κ1) is 23.0. The number of phenolic OH excluding ortho intramolecular Hbond substituents is 1. The third kappa shape index (κ3) is 7.25. The van der Waals surface area contributed by atoms with Gasteiger partial charge in [0.1, 0.15) is 6.10 Å². The molecule has 0 unspecified atom stereocenters. The molecule has 0 aliphatic rings. The molecule has 0 bridgehead atoms. The molecule has 0 fully saturated rings. The second kappa shape index (κ2) is 11.1. The van der Waals surface area contributed by atoms with Crippen LogP contribution in [0.25, 0.3) is 0 Å². The van der Waals surface area contributed by atoms with E-state index < -0.39 is 29.7 Å². The quantitative estimate of drug-likeness (QED) is 0.358. The number of ether oxygens (including phenoxy) is 2. The highest BCUT2D eigenvalue weighted by atomic mass is 79.9. The number of benzene rings is 2. The zero-order valence-electron chi connectivity index (χ0n) is 15.6. The highest BCUT2D eigenvalue weighted by Gasteiger charge is 2.25. The Morgan fingerprint density at radius 2 is 1.93 bits per heavy atom. The van der Waals surface area contributed by atoms with Gasteiger partial charge in [-0.05, 0) is 48.4 Å². The molecule has 6 nitrogen and oxygen atoms in total. The molecule has 0 spiro atoms. The molecule has 0 aliphatic heterocycles. The minimum absolute atomic E-state index is 0.0346. The van der Waals surface area contributed by atoms with E-state index in [0.717, 1.165) is 10.5 Å². The van der Waals surface area contributed by atoms with Crippen LogP contribution in [0.15, 0.2) is 46.9 Å². The summed E-state index contributed by atoms with van der Waals surface area (Å²) >= 11 is 7.15. The Morgan fingerprint density at radius 1 is 1.24 bits per heavy atom. The van der Waals surface area contributed by atoms with Gasteiger partial charge >= 0.3 is 12.1 Å². The summed E-state index contributed by atoms with van der Waals surface area (Å²) in [4.78, 5) is 23.6. The Hall–Kier alpha value is -2.26. The predicted molar refractivity (Wildman–Crippen MR) is 114 cm³/mol. The number of hydrogen-bond acceptors (Lipinski definition) is 6. The topological polar surface area (TPSA) is 84.9 Å².